The molecule has 0 fully saturated rings. The molecule has 1 rings (SSSR count). The zero-order valence-electron chi connectivity index (χ0n) is 13.2. The molecule has 0 saturated carbocycles. The zero-order chi connectivity index (χ0) is 14.8. The molecule has 0 aromatic heterocycles. The fraction of sp³-hybridized carbons (Fsp3) is 0.625. The third-order valence-electron chi connectivity index (χ3n) is 3.49. The predicted molar refractivity (Wildman–Crippen MR) is 82.6 cm³/mol. The SMILES string of the molecule is CCN(CC)Cc1ccc(CNCC(OC)OC)cc1. The Labute approximate surface area is 123 Å². The number of nitrogens with zero attached hydrogens (tertiary/aromatic N) is 1. The molecule has 4 nitrogen and oxygen atoms in total. The summed E-state index contributed by atoms with van der Waals surface area (Å²) in [6.45, 7) is 9.12. The van der Waals surface area contributed by atoms with E-state index in [0.29, 0.717) is 6.54 Å². The number of nitrogens with one attached hydrogen (secondary N) is 1. The maximum Gasteiger partial charge on any atom is 0.169 e. The molecule has 0 saturated heterocycles. The number of benzene rings is 1. The highest BCUT2D eigenvalue weighted by Crippen LogP contribution is 2.07. The van der Waals surface area contributed by atoms with Crippen LogP contribution >= 0.6 is 0 Å². The van der Waals surface area contributed by atoms with E-state index in [1.807, 2.05) is 0 Å². The van der Waals surface area contributed by atoms with Gasteiger partial charge < -0.3 is 14.8 Å². The highest BCUT2D eigenvalue weighted by Gasteiger charge is 2.04. The predicted octanol–water partition coefficient (Wildman–Crippen LogP) is 2.24. The van der Waals surface area contributed by atoms with Gasteiger partial charge in [-0.25, -0.2) is 0 Å². The van der Waals surface area contributed by atoms with Crippen LogP contribution in [0.2, 0.25) is 0 Å². The second-order valence-corrected chi connectivity index (χ2v) is 4.81. The smallest absolute Gasteiger partial charge is 0.169 e. The normalized spacial score (nSPS) is 11.5. The van der Waals surface area contributed by atoms with E-state index in [-0.39, 0.29) is 6.29 Å². The molecule has 0 aliphatic carbocycles. The summed E-state index contributed by atoms with van der Waals surface area (Å²) >= 11 is 0. The number of rotatable bonds is 10. The van der Waals surface area contributed by atoms with Crippen LogP contribution in [0.15, 0.2) is 24.3 Å². The maximum absolute atomic E-state index is 5.13. The van der Waals surface area contributed by atoms with Crippen LogP contribution < -0.4 is 5.32 Å². The Balaban J connectivity index is 2.38. The molecule has 0 bridgehead atoms. The summed E-state index contributed by atoms with van der Waals surface area (Å²) in [5.74, 6) is 0. The van der Waals surface area contributed by atoms with Gasteiger partial charge in [0.2, 0.25) is 0 Å². The molecule has 20 heavy (non-hydrogen) atoms. The lowest BCUT2D eigenvalue weighted by Gasteiger charge is -2.18. The molecule has 1 N–H and O–H groups in total. The van der Waals surface area contributed by atoms with Crippen molar-refractivity contribution in [2.45, 2.75) is 33.2 Å². The Morgan fingerprint density at radius 1 is 1.00 bits per heavy atom. The molecular weight excluding hydrogens is 252 g/mol. The van der Waals surface area contributed by atoms with E-state index in [2.05, 4.69) is 48.3 Å². The highest BCUT2D eigenvalue weighted by atomic mass is 16.7. The summed E-state index contributed by atoms with van der Waals surface area (Å²) in [7, 11) is 3.30. The molecule has 4 heteroatoms. The van der Waals surface area contributed by atoms with Gasteiger partial charge >= 0.3 is 0 Å². The molecular formula is C16H28N2O2. The standard InChI is InChI=1S/C16H28N2O2/c1-5-18(6-2)13-15-9-7-14(8-10-15)11-17-12-16(19-3)20-4/h7-10,16-17H,5-6,11-13H2,1-4H3. The fourth-order valence-electron chi connectivity index (χ4n) is 2.07. The van der Waals surface area contributed by atoms with Gasteiger partial charge in [-0.1, -0.05) is 38.1 Å². The van der Waals surface area contributed by atoms with Gasteiger partial charge in [0, 0.05) is 33.9 Å². The van der Waals surface area contributed by atoms with E-state index in [1.165, 1.54) is 11.1 Å². The number of ether oxygens (including phenoxy) is 2. The minimum absolute atomic E-state index is 0.183. The molecule has 0 spiro atoms. The minimum Gasteiger partial charge on any atom is -0.355 e. The van der Waals surface area contributed by atoms with Gasteiger partial charge in [0.05, 0.1) is 0 Å². The first-order chi connectivity index (χ1) is 9.73. The Morgan fingerprint density at radius 2 is 1.55 bits per heavy atom. The third kappa shape index (κ3) is 6.01. The molecule has 1 aromatic carbocycles. The van der Waals surface area contributed by atoms with Gasteiger partial charge in [0.25, 0.3) is 0 Å². The molecule has 0 unspecified atom stereocenters. The first kappa shape index (κ1) is 17.1. The highest BCUT2D eigenvalue weighted by molar-refractivity contribution is 5.22. The van der Waals surface area contributed by atoms with Crippen molar-refractivity contribution in [1.29, 1.82) is 0 Å². The topological polar surface area (TPSA) is 33.7 Å². The van der Waals surface area contributed by atoms with Gasteiger partial charge in [-0.05, 0) is 24.2 Å². The van der Waals surface area contributed by atoms with Crippen molar-refractivity contribution in [2.75, 3.05) is 33.9 Å². The van der Waals surface area contributed by atoms with Crippen molar-refractivity contribution in [1.82, 2.24) is 10.2 Å². The molecule has 114 valence electrons. The third-order valence-corrected chi connectivity index (χ3v) is 3.49. The van der Waals surface area contributed by atoms with Crippen LogP contribution in [0.4, 0.5) is 0 Å². The number of hydrogen-bond donors (Lipinski definition) is 1. The van der Waals surface area contributed by atoms with Gasteiger partial charge in [0.15, 0.2) is 6.29 Å². The van der Waals surface area contributed by atoms with Crippen molar-refractivity contribution in [3.63, 3.8) is 0 Å². The lowest BCUT2D eigenvalue weighted by molar-refractivity contribution is -0.0989. The molecule has 0 aliphatic heterocycles. The zero-order valence-corrected chi connectivity index (χ0v) is 13.2. The molecule has 0 heterocycles. The van der Waals surface area contributed by atoms with Crippen LogP contribution in [-0.4, -0.2) is 45.0 Å². The first-order valence-corrected chi connectivity index (χ1v) is 7.29. The number of hydrogen-bond acceptors (Lipinski definition) is 4. The van der Waals surface area contributed by atoms with Crippen LogP contribution in [0.1, 0.15) is 25.0 Å². The van der Waals surface area contributed by atoms with E-state index in [0.717, 1.165) is 26.2 Å². The van der Waals surface area contributed by atoms with Gasteiger partial charge in [-0.15, -0.1) is 0 Å². The van der Waals surface area contributed by atoms with Gasteiger partial charge in [0.1, 0.15) is 0 Å². The quantitative estimate of drug-likeness (QED) is 0.667. The molecule has 0 amide bonds. The fourth-order valence-corrected chi connectivity index (χ4v) is 2.07. The van der Waals surface area contributed by atoms with E-state index < -0.39 is 0 Å². The van der Waals surface area contributed by atoms with E-state index >= 15 is 0 Å². The van der Waals surface area contributed by atoms with E-state index in [9.17, 15) is 0 Å². The maximum atomic E-state index is 5.13. The summed E-state index contributed by atoms with van der Waals surface area (Å²) in [5.41, 5.74) is 2.64. The Hall–Kier alpha value is -0.940. The first-order valence-electron chi connectivity index (χ1n) is 7.29. The van der Waals surface area contributed by atoms with Gasteiger partial charge in [-0.2, -0.15) is 0 Å². The van der Waals surface area contributed by atoms with Crippen molar-refractivity contribution in [3.8, 4) is 0 Å². The summed E-state index contributed by atoms with van der Waals surface area (Å²) < 4.78 is 10.3. The second-order valence-electron chi connectivity index (χ2n) is 4.81. The van der Waals surface area contributed by atoms with Crippen LogP contribution in [0.3, 0.4) is 0 Å². The molecule has 0 radical (unpaired) electrons. The van der Waals surface area contributed by atoms with Crippen molar-refractivity contribution < 1.29 is 9.47 Å². The molecule has 1 aromatic rings. The number of methoxy groups -OCH3 is 2. The largest absolute Gasteiger partial charge is 0.355 e. The lowest BCUT2D eigenvalue weighted by atomic mass is 10.1. The van der Waals surface area contributed by atoms with Crippen molar-refractivity contribution in [2.24, 2.45) is 0 Å². The Kier molecular flexibility index (Phi) is 8.46. The Bertz CT molecular complexity index is 346. The van der Waals surface area contributed by atoms with E-state index in [4.69, 9.17) is 9.47 Å². The summed E-state index contributed by atoms with van der Waals surface area (Å²) in [6, 6.07) is 8.78. The van der Waals surface area contributed by atoms with Gasteiger partial charge in [-0.3, -0.25) is 4.90 Å². The summed E-state index contributed by atoms with van der Waals surface area (Å²) in [4.78, 5) is 2.41. The summed E-state index contributed by atoms with van der Waals surface area (Å²) in [5, 5.41) is 3.33. The molecule has 0 aliphatic rings. The average Bonchev–Trinajstić information content (AvgIpc) is 2.50. The van der Waals surface area contributed by atoms with Crippen molar-refractivity contribution in [3.05, 3.63) is 35.4 Å². The Morgan fingerprint density at radius 3 is 2.05 bits per heavy atom. The average molecular weight is 280 g/mol. The van der Waals surface area contributed by atoms with Crippen LogP contribution in [0, 0.1) is 0 Å². The van der Waals surface area contributed by atoms with Crippen LogP contribution in [-0.2, 0) is 22.6 Å². The monoisotopic (exact) mass is 280 g/mol. The van der Waals surface area contributed by atoms with Crippen LogP contribution in [0.5, 0.6) is 0 Å². The van der Waals surface area contributed by atoms with E-state index in [1.54, 1.807) is 14.2 Å². The van der Waals surface area contributed by atoms with Crippen LogP contribution in [0.25, 0.3) is 0 Å². The second kappa shape index (κ2) is 9.88. The molecule has 0 atom stereocenters. The van der Waals surface area contributed by atoms with Crippen molar-refractivity contribution >= 4 is 0 Å². The minimum atomic E-state index is -0.183. The summed E-state index contributed by atoms with van der Waals surface area (Å²) in [6.07, 6.45) is -0.183. The lowest BCUT2D eigenvalue weighted by Crippen LogP contribution is -2.29.